The molecule has 0 atom stereocenters. The molecule has 0 radical (unpaired) electrons. The van der Waals surface area contributed by atoms with Crippen molar-refractivity contribution in [3.63, 3.8) is 0 Å². The topological polar surface area (TPSA) is 84.2 Å². The summed E-state index contributed by atoms with van der Waals surface area (Å²) in [5.41, 5.74) is 6.42. The van der Waals surface area contributed by atoms with Crippen molar-refractivity contribution in [2.45, 2.75) is 110 Å². The van der Waals surface area contributed by atoms with E-state index in [1.165, 1.54) is 83.5 Å². The van der Waals surface area contributed by atoms with Crippen molar-refractivity contribution in [3.05, 3.63) is 24.3 Å². The molecule has 0 saturated carbocycles. The highest BCUT2D eigenvalue weighted by molar-refractivity contribution is 5.91. The lowest BCUT2D eigenvalue weighted by atomic mass is 10.0. The molecule has 0 heterocycles. The number of hydrogen-bond donors (Lipinski definition) is 3. The third-order valence-electron chi connectivity index (χ3n) is 5.44. The number of benzene rings is 1. The fourth-order valence-corrected chi connectivity index (χ4v) is 3.66. The van der Waals surface area contributed by atoms with Crippen molar-refractivity contribution in [2.75, 3.05) is 10.6 Å². The minimum absolute atomic E-state index is 0.0419. The Morgan fingerprint density at radius 3 is 1.40 bits per heavy atom. The van der Waals surface area contributed by atoms with Gasteiger partial charge in [-0.25, -0.2) is 4.79 Å². The molecule has 3 amide bonds. The van der Waals surface area contributed by atoms with E-state index in [0.29, 0.717) is 12.1 Å². The number of unbranched alkanes of at least 4 members (excludes halogenated alkanes) is 14. The van der Waals surface area contributed by atoms with Crippen LogP contribution in [-0.2, 0) is 4.79 Å². The highest BCUT2D eigenvalue weighted by Crippen LogP contribution is 2.15. The molecule has 0 saturated heterocycles. The van der Waals surface area contributed by atoms with Gasteiger partial charge in [0.05, 0.1) is 0 Å². The summed E-state index contributed by atoms with van der Waals surface area (Å²) >= 11 is 0. The van der Waals surface area contributed by atoms with E-state index in [0.717, 1.165) is 18.5 Å². The molecule has 1 aromatic carbocycles. The maximum absolute atomic E-state index is 12.0. The molecular weight excluding hydrogens is 374 g/mol. The summed E-state index contributed by atoms with van der Waals surface area (Å²) in [6, 6.07) is 6.35. The Morgan fingerprint density at radius 1 is 0.633 bits per heavy atom. The fourth-order valence-electron chi connectivity index (χ4n) is 3.66. The number of rotatable bonds is 18. The molecule has 5 heteroatoms. The second-order valence-corrected chi connectivity index (χ2v) is 8.31. The zero-order valence-corrected chi connectivity index (χ0v) is 19.0. The van der Waals surface area contributed by atoms with Gasteiger partial charge in [0.1, 0.15) is 0 Å². The first-order valence-corrected chi connectivity index (χ1v) is 12.1. The van der Waals surface area contributed by atoms with Crippen molar-refractivity contribution >= 4 is 23.3 Å². The van der Waals surface area contributed by atoms with Crippen LogP contribution in [0.2, 0.25) is 0 Å². The lowest BCUT2D eigenvalue weighted by Crippen LogP contribution is -2.19. The van der Waals surface area contributed by atoms with Gasteiger partial charge in [0, 0.05) is 17.8 Å². The van der Waals surface area contributed by atoms with E-state index in [4.69, 9.17) is 5.73 Å². The molecule has 0 aliphatic carbocycles. The molecule has 0 aliphatic rings. The van der Waals surface area contributed by atoms with E-state index in [1.54, 1.807) is 24.3 Å². The summed E-state index contributed by atoms with van der Waals surface area (Å²) in [7, 11) is 0. The summed E-state index contributed by atoms with van der Waals surface area (Å²) in [5.74, 6) is 0.0419. The molecule has 30 heavy (non-hydrogen) atoms. The van der Waals surface area contributed by atoms with E-state index in [2.05, 4.69) is 17.6 Å². The quantitative estimate of drug-likeness (QED) is 0.218. The Balaban J connectivity index is 1.89. The normalized spacial score (nSPS) is 10.7. The molecule has 170 valence electrons. The Bertz CT molecular complexity index is 572. The van der Waals surface area contributed by atoms with E-state index in [9.17, 15) is 9.59 Å². The summed E-state index contributed by atoms with van der Waals surface area (Å²) < 4.78 is 0. The van der Waals surface area contributed by atoms with Gasteiger partial charge in [-0.05, 0) is 30.7 Å². The molecule has 5 nitrogen and oxygen atoms in total. The van der Waals surface area contributed by atoms with Crippen LogP contribution in [0.15, 0.2) is 24.3 Å². The Kier molecular flexibility index (Phi) is 15.4. The average molecular weight is 418 g/mol. The molecule has 1 aromatic rings. The van der Waals surface area contributed by atoms with Gasteiger partial charge in [0.15, 0.2) is 0 Å². The Morgan fingerprint density at radius 2 is 1.00 bits per heavy atom. The van der Waals surface area contributed by atoms with Crippen molar-refractivity contribution < 1.29 is 9.59 Å². The van der Waals surface area contributed by atoms with Crippen molar-refractivity contribution in [2.24, 2.45) is 5.73 Å². The fraction of sp³-hybridized carbons (Fsp3) is 0.680. The largest absolute Gasteiger partial charge is 0.351 e. The van der Waals surface area contributed by atoms with Gasteiger partial charge in [-0.1, -0.05) is 96.8 Å². The SMILES string of the molecule is CCCCCCCCCCCCCCCCCC(=O)Nc1ccc(NC(N)=O)cc1. The van der Waals surface area contributed by atoms with Crippen LogP contribution in [0, 0.1) is 0 Å². The Labute approximate surface area is 183 Å². The first-order chi connectivity index (χ1) is 14.6. The molecule has 4 N–H and O–H groups in total. The molecule has 0 aromatic heterocycles. The number of anilines is 2. The minimum Gasteiger partial charge on any atom is -0.351 e. The van der Waals surface area contributed by atoms with Gasteiger partial charge in [0.25, 0.3) is 0 Å². The third-order valence-corrected chi connectivity index (χ3v) is 5.44. The van der Waals surface area contributed by atoms with E-state index < -0.39 is 6.03 Å². The number of amides is 3. The zero-order chi connectivity index (χ0) is 21.9. The van der Waals surface area contributed by atoms with Gasteiger partial charge >= 0.3 is 6.03 Å². The van der Waals surface area contributed by atoms with Crippen LogP contribution in [-0.4, -0.2) is 11.9 Å². The van der Waals surface area contributed by atoms with Crippen molar-refractivity contribution in [3.8, 4) is 0 Å². The van der Waals surface area contributed by atoms with E-state index >= 15 is 0 Å². The minimum atomic E-state index is -0.597. The van der Waals surface area contributed by atoms with E-state index in [-0.39, 0.29) is 5.91 Å². The maximum atomic E-state index is 12.0. The number of hydrogen-bond acceptors (Lipinski definition) is 2. The van der Waals surface area contributed by atoms with Crippen LogP contribution in [0.25, 0.3) is 0 Å². The van der Waals surface area contributed by atoms with Crippen LogP contribution < -0.4 is 16.4 Å². The lowest BCUT2D eigenvalue weighted by molar-refractivity contribution is -0.116. The highest BCUT2D eigenvalue weighted by Gasteiger charge is 2.03. The van der Waals surface area contributed by atoms with Crippen LogP contribution >= 0.6 is 0 Å². The average Bonchev–Trinajstić information content (AvgIpc) is 2.72. The standard InChI is InChI=1S/C25H43N3O2/c1-2-3-4-5-6-7-8-9-10-11-12-13-14-15-16-17-24(29)27-22-18-20-23(21-19-22)28-25(26)30/h18-21H,2-17H2,1H3,(H,27,29)(H3,26,28,30). The lowest BCUT2D eigenvalue weighted by Gasteiger charge is -2.07. The molecule has 0 spiro atoms. The third kappa shape index (κ3) is 14.9. The van der Waals surface area contributed by atoms with Gasteiger partial charge in [-0.3, -0.25) is 4.79 Å². The smallest absolute Gasteiger partial charge is 0.316 e. The summed E-state index contributed by atoms with van der Waals surface area (Å²) in [6.45, 7) is 2.27. The molecule has 0 fully saturated rings. The van der Waals surface area contributed by atoms with Gasteiger partial charge in [0.2, 0.25) is 5.91 Å². The number of carbonyl (C=O) groups excluding carboxylic acids is 2. The highest BCUT2D eigenvalue weighted by atomic mass is 16.2. The number of nitrogens with one attached hydrogen (secondary N) is 2. The predicted octanol–water partition coefficient (Wildman–Crippen LogP) is 7.38. The summed E-state index contributed by atoms with van der Waals surface area (Å²) in [6.07, 6.45) is 20.4. The molecular formula is C25H43N3O2. The van der Waals surface area contributed by atoms with Crippen molar-refractivity contribution in [1.82, 2.24) is 0 Å². The number of nitrogens with two attached hydrogens (primary N) is 1. The Hall–Kier alpha value is -2.04. The van der Waals surface area contributed by atoms with Crippen LogP contribution in [0.1, 0.15) is 110 Å². The second-order valence-electron chi connectivity index (χ2n) is 8.31. The molecule has 0 unspecified atom stereocenters. The number of primary amides is 1. The summed E-state index contributed by atoms with van der Waals surface area (Å²) in [5, 5.41) is 5.38. The summed E-state index contributed by atoms with van der Waals surface area (Å²) in [4.78, 5) is 22.8. The van der Waals surface area contributed by atoms with Gasteiger partial charge in [-0.15, -0.1) is 0 Å². The molecule has 0 aliphatic heterocycles. The first kappa shape index (κ1) is 26.0. The number of carbonyl (C=O) groups is 2. The monoisotopic (exact) mass is 417 g/mol. The maximum Gasteiger partial charge on any atom is 0.316 e. The molecule has 0 bridgehead atoms. The first-order valence-electron chi connectivity index (χ1n) is 12.1. The van der Waals surface area contributed by atoms with Crippen molar-refractivity contribution in [1.29, 1.82) is 0 Å². The number of urea groups is 1. The van der Waals surface area contributed by atoms with E-state index in [1.807, 2.05) is 0 Å². The zero-order valence-electron chi connectivity index (χ0n) is 19.0. The second kappa shape index (κ2) is 17.8. The molecule has 1 rings (SSSR count). The van der Waals surface area contributed by atoms with Gasteiger partial charge in [-0.2, -0.15) is 0 Å². The van der Waals surface area contributed by atoms with Crippen LogP contribution in [0.4, 0.5) is 16.2 Å². The predicted molar refractivity (Wildman–Crippen MR) is 128 cm³/mol. The van der Waals surface area contributed by atoms with Gasteiger partial charge < -0.3 is 16.4 Å². The van der Waals surface area contributed by atoms with Crippen LogP contribution in [0.3, 0.4) is 0 Å². The van der Waals surface area contributed by atoms with Crippen LogP contribution in [0.5, 0.6) is 0 Å².